The third-order valence-corrected chi connectivity index (χ3v) is 7.17. The van der Waals surface area contributed by atoms with Crippen LogP contribution in [0.5, 0.6) is 11.6 Å². The highest BCUT2D eigenvalue weighted by atomic mass is 32.1. The number of rotatable bonds is 6. The van der Waals surface area contributed by atoms with Gasteiger partial charge in [-0.1, -0.05) is 12.1 Å². The van der Waals surface area contributed by atoms with Crippen molar-refractivity contribution < 1.29 is 9.13 Å². The molecule has 0 spiro atoms. The van der Waals surface area contributed by atoms with Crippen LogP contribution in [-0.4, -0.2) is 34.0 Å². The van der Waals surface area contributed by atoms with Crippen molar-refractivity contribution in [3.05, 3.63) is 75.9 Å². The maximum atomic E-state index is 13.5. The van der Waals surface area contributed by atoms with Crippen LogP contribution in [0.2, 0.25) is 0 Å². The second kappa shape index (κ2) is 9.98. The van der Waals surface area contributed by atoms with Crippen LogP contribution in [0.25, 0.3) is 10.2 Å². The lowest BCUT2D eigenvalue weighted by Crippen LogP contribution is -2.39. The van der Waals surface area contributed by atoms with E-state index in [1.807, 2.05) is 43.5 Å². The fraction of sp³-hybridized carbons (Fsp3) is 0.296. The second-order valence-corrected chi connectivity index (χ2v) is 9.88. The van der Waals surface area contributed by atoms with Gasteiger partial charge in [0.25, 0.3) is 0 Å². The van der Waals surface area contributed by atoms with Crippen LogP contribution in [0.1, 0.15) is 35.1 Å². The van der Waals surface area contributed by atoms with Gasteiger partial charge in [0.2, 0.25) is 11.8 Å². The summed E-state index contributed by atoms with van der Waals surface area (Å²) in [6, 6.07) is 14.9. The standard InChI is InChI=1S/C27H26FN5OS/c1-17-12-20(15-29)13-18(2)24(17)34-26-25-23(8-11-35-25)31-27(32-26)30-22-6-9-33(10-7-22)16-19-4-3-5-21(28)14-19/h3-5,8,11-14,22H,6-7,9-10,16H2,1-2H3,(H,30,31,32). The minimum Gasteiger partial charge on any atom is -0.437 e. The van der Waals surface area contributed by atoms with Crippen LogP contribution in [0.15, 0.2) is 47.8 Å². The number of thiophene rings is 1. The molecule has 1 saturated heterocycles. The number of aryl methyl sites for hydroxylation is 2. The Morgan fingerprint density at radius 2 is 1.91 bits per heavy atom. The zero-order valence-corrected chi connectivity index (χ0v) is 20.5. The van der Waals surface area contributed by atoms with Crippen LogP contribution in [0, 0.1) is 31.0 Å². The van der Waals surface area contributed by atoms with Crippen molar-refractivity contribution >= 4 is 27.5 Å². The highest BCUT2D eigenvalue weighted by Gasteiger charge is 2.21. The number of halogens is 1. The van der Waals surface area contributed by atoms with E-state index in [0.29, 0.717) is 23.1 Å². The maximum absolute atomic E-state index is 13.5. The minimum absolute atomic E-state index is 0.190. The minimum atomic E-state index is -0.190. The molecule has 0 saturated carbocycles. The monoisotopic (exact) mass is 487 g/mol. The third-order valence-electron chi connectivity index (χ3n) is 6.28. The number of benzene rings is 2. The Bertz CT molecular complexity index is 1380. The van der Waals surface area contributed by atoms with Crippen LogP contribution >= 0.6 is 11.3 Å². The molecule has 1 aliphatic rings. The molecule has 0 aliphatic carbocycles. The van der Waals surface area contributed by atoms with Crippen molar-refractivity contribution in [1.29, 1.82) is 5.26 Å². The van der Waals surface area contributed by atoms with Gasteiger partial charge < -0.3 is 10.1 Å². The van der Waals surface area contributed by atoms with Gasteiger partial charge in [0, 0.05) is 25.7 Å². The van der Waals surface area contributed by atoms with Gasteiger partial charge in [-0.2, -0.15) is 10.2 Å². The highest BCUT2D eigenvalue weighted by Crippen LogP contribution is 2.35. The van der Waals surface area contributed by atoms with Gasteiger partial charge >= 0.3 is 0 Å². The van der Waals surface area contributed by atoms with Crippen LogP contribution < -0.4 is 10.1 Å². The number of nitriles is 1. The molecule has 0 unspecified atom stereocenters. The number of piperidine rings is 1. The Balaban J connectivity index is 1.29. The highest BCUT2D eigenvalue weighted by molar-refractivity contribution is 7.17. The first kappa shape index (κ1) is 23.2. The molecule has 4 aromatic rings. The predicted octanol–water partition coefficient (Wildman–Crippen LogP) is 6.19. The number of hydrogen-bond donors (Lipinski definition) is 1. The van der Waals surface area contributed by atoms with E-state index in [1.165, 1.54) is 6.07 Å². The van der Waals surface area contributed by atoms with Gasteiger partial charge in [0.15, 0.2) is 0 Å². The second-order valence-electron chi connectivity index (χ2n) is 8.97. The SMILES string of the molecule is Cc1cc(C#N)cc(C)c1Oc1nc(NC2CCN(Cc3cccc(F)c3)CC2)nc2ccsc12. The van der Waals surface area contributed by atoms with Crippen molar-refractivity contribution in [2.24, 2.45) is 0 Å². The lowest BCUT2D eigenvalue weighted by atomic mass is 10.0. The Morgan fingerprint density at radius 3 is 2.63 bits per heavy atom. The normalized spacial score (nSPS) is 14.7. The van der Waals surface area contributed by atoms with E-state index < -0.39 is 0 Å². The molecular formula is C27H26FN5OS. The molecule has 0 amide bonds. The maximum Gasteiger partial charge on any atom is 0.242 e. The topological polar surface area (TPSA) is 74.1 Å². The molecule has 0 bridgehead atoms. The molecule has 8 heteroatoms. The number of fused-ring (bicyclic) bond motifs is 1. The smallest absolute Gasteiger partial charge is 0.242 e. The molecule has 2 aromatic heterocycles. The lowest BCUT2D eigenvalue weighted by Gasteiger charge is -2.32. The number of nitrogens with zero attached hydrogens (tertiary/aromatic N) is 4. The molecular weight excluding hydrogens is 461 g/mol. The molecule has 1 N–H and O–H groups in total. The number of hydrogen-bond acceptors (Lipinski definition) is 7. The number of aromatic nitrogens is 2. The summed E-state index contributed by atoms with van der Waals surface area (Å²) in [5.74, 6) is 1.60. The largest absolute Gasteiger partial charge is 0.437 e. The first-order chi connectivity index (χ1) is 17.0. The Hall–Kier alpha value is -3.54. The van der Waals surface area contributed by atoms with E-state index in [4.69, 9.17) is 14.7 Å². The first-order valence-electron chi connectivity index (χ1n) is 11.7. The molecule has 3 heterocycles. The fourth-order valence-corrected chi connectivity index (χ4v) is 5.31. The lowest BCUT2D eigenvalue weighted by molar-refractivity contribution is 0.211. The van der Waals surface area contributed by atoms with Gasteiger partial charge in [-0.25, -0.2) is 9.37 Å². The van der Waals surface area contributed by atoms with Gasteiger partial charge in [-0.15, -0.1) is 11.3 Å². The van der Waals surface area contributed by atoms with E-state index in [0.717, 1.165) is 59.4 Å². The summed E-state index contributed by atoms with van der Waals surface area (Å²) in [7, 11) is 0. The van der Waals surface area contributed by atoms with Crippen molar-refractivity contribution in [1.82, 2.24) is 14.9 Å². The van der Waals surface area contributed by atoms with Gasteiger partial charge in [0.05, 0.1) is 17.1 Å². The van der Waals surface area contributed by atoms with Crippen molar-refractivity contribution in [2.75, 3.05) is 18.4 Å². The molecule has 1 fully saturated rings. The molecule has 0 atom stereocenters. The molecule has 0 radical (unpaired) electrons. The molecule has 178 valence electrons. The number of anilines is 1. The predicted molar refractivity (Wildman–Crippen MR) is 136 cm³/mol. The van der Waals surface area contributed by atoms with Crippen molar-refractivity contribution in [3.8, 4) is 17.7 Å². The summed E-state index contributed by atoms with van der Waals surface area (Å²) in [5, 5.41) is 14.7. The summed E-state index contributed by atoms with van der Waals surface area (Å²) < 4.78 is 20.7. The quantitative estimate of drug-likeness (QED) is 0.350. The zero-order valence-electron chi connectivity index (χ0n) is 19.7. The average Bonchev–Trinajstić information content (AvgIpc) is 3.31. The van der Waals surface area contributed by atoms with E-state index in [2.05, 4.69) is 16.3 Å². The van der Waals surface area contributed by atoms with E-state index in [1.54, 1.807) is 23.5 Å². The third kappa shape index (κ3) is 5.26. The fourth-order valence-electron chi connectivity index (χ4n) is 4.55. The van der Waals surface area contributed by atoms with Crippen LogP contribution in [0.3, 0.4) is 0 Å². The van der Waals surface area contributed by atoms with E-state index >= 15 is 0 Å². The number of ether oxygens (including phenoxy) is 1. The summed E-state index contributed by atoms with van der Waals surface area (Å²) in [5.41, 5.74) is 4.24. The number of likely N-dealkylation sites (tertiary alicyclic amines) is 1. The van der Waals surface area contributed by atoms with Gasteiger partial charge in [0.1, 0.15) is 16.3 Å². The van der Waals surface area contributed by atoms with Gasteiger partial charge in [-0.3, -0.25) is 4.90 Å². The first-order valence-corrected chi connectivity index (χ1v) is 12.5. The van der Waals surface area contributed by atoms with Crippen LogP contribution in [-0.2, 0) is 6.54 Å². The molecule has 2 aromatic carbocycles. The van der Waals surface area contributed by atoms with Crippen LogP contribution in [0.4, 0.5) is 10.3 Å². The van der Waals surface area contributed by atoms with E-state index in [9.17, 15) is 9.65 Å². The van der Waals surface area contributed by atoms with Gasteiger partial charge in [-0.05, 0) is 79.1 Å². The van der Waals surface area contributed by atoms with Crippen molar-refractivity contribution in [3.63, 3.8) is 0 Å². The van der Waals surface area contributed by atoms with E-state index in [-0.39, 0.29) is 11.9 Å². The van der Waals surface area contributed by atoms with Crippen molar-refractivity contribution in [2.45, 2.75) is 39.3 Å². The molecule has 6 nitrogen and oxygen atoms in total. The summed E-state index contributed by atoms with van der Waals surface area (Å²) in [6.45, 7) is 6.46. The zero-order chi connectivity index (χ0) is 24.4. The summed E-state index contributed by atoms with van der Waals surface area (Å²) >= 11 is 1.55. The average molecular weight is 488 g/mol. The molecule has 1 aliphatic heterocycles. The molecule has 5 rings (SSSR count). The summed E-state index contributed by atoms with van der Waals surface area (Å²) in [6.07, 6.45) is 1.90. The number of nitrogens with one attached hydrogen (secondary N) is 1. The summed E-state index contributed by atoms with van der Waals surface area (Å²) in [4.78, 5) is 11.8. The molecule has 35 heavy (non-hydrogen) atoms. The Morgan fingerprint density at radius 1 is 1.14 bits per heavy atom. The Labute approximate surface area is 208 Å². The Kier molecular flexibility index (Phi) is 6.62.